The zero-order valence-corrected chi connectivity index (χ0v) is 18.5. The van der Waals surface area contributed by atoms with Gasteiger partial charge in [-0.3, -0.25) is 0 Å². The first-order valence-corrected chi connectivity index (χ1v) is 6.72. The van der Waals surface area contributed by atoms with Gasteiger partial charge < -0.3 is 9.47 Å². The first kappa shape index (κ1) is 23.8. The third kappa shape index (κ3) is 7.37. The van der Waals surface area contributed by atoms with Gasteiger partial charge in [0.25, 0.3) is 0 Å². The molecule has 1 aromatic carbocycles. The Kier molecular flexibility index (Phi) is 10.0. The van der Waals surface area contributed by atoms with Crippen LogP contribution in [-0.2, 0) is 9.53 Å². The molecule has 0 aliphatic carbocycles. The number of hydrogen-bond donors (Lipinski definition) is 0. The van der Waals surface area contributed by atoms with Crippen molar-refractivity contribution in [2.45, 2.75) is 32.4 Å². The van der Waals surface area contributed by atoms with Gasteiger partial charge in [0.2, 0.25) is 0 Å². The Labute approximate surface area is 185 Å². The second-order valence-electron chi connectivity index (χ2n) is 4.81. The van der Waals surface area contributed by atoms with E-state index in [1.165, 1.54) is 0 Å². The van der Waals surface area contributed by atoms with Crippen LogP contribution in [0, 0.1) is 5.92 Å². The van der Waals surface area contributed by atoms with E-state index in [9.17, 15) is 26.7 Å². The molecule has 1 aromatic rings. The van der Waals surface area contributed by atoms with Gasteiger partial charge in [0.15, 0.2) is 13.2 Å². The van der Waals surface area contributed by atoms with Gasteiger partial charge in [0, 0.05) is 0 Å². The Balaban J connectivity index is 0.00000529. The molecule has 9 heteroatoms. The molecule has 0 amide bonds. The maximum atomic E-state index is 12.6. The average molecular weight is 425 g/mol. The van der Waals surface area contributed by atoms with Gasteiger partial charge in [0.1, 0.15) is 0 Å². The van der Waals surface area contributed by atoms with Crippen LogP contribution < -0.4 is 62.9 Å². The normalized spacial score (nSPS) is 11.5. The summed E-state index contributed by atoms with van der Waals surface area (Å²) >= 11 is 0. The zero-order chi connectivity index (χ0) is 17.7. The van der Waals surface area contributed by atoms with Crippen LogP contribution in [0.25, 0.3) is 0 Å². The molecule has 0 saturated heterocycles. The van der Waals surface area contributed by atoms with Gasteiger partial charge in [-0.2, -0.15) is 45.6 Å². The van der Waals surface area contributed by atoms with Crippen molar-refractivity contribution >= 4 is 5.97 Å². The second kappa shape index (κ2) is 10.1. The predicted molar refractivity (Wildman–Crippen MR) is 72.2 cm³/mol. The minimum absolute atomic E-state index is 0. The molecule has 0 heterocycles. The van der Waals surface area contributed by atoms with E-state index in [4.69, 9.17) is 4.74 Å². The number of carbonyl (C=O) groups is 1. The minimum Gasteiger partial charge on any atom is -0.484 e. The molecule has 0 radical (unpaired) electrons. The van der Waals surface area contributed by atoms with Crippen LogP contribution in [0.2, 0.25) is 0 Å². The Morgan fingerprint density at radius 1 is 1.12 bits per heavy atom. The summed E-state index contributed by atoms with van der Waals surface area (Å²) in [4.78, 5) is 11.2. The van der Waals surface area contributed by atoms with Crippen molar-refractivity contribution in [1.29, 1.82) is 0 Å². The fraction of sp³-hybridized carbons (Fsp3) is 0.467. The van der Waals surface area contributed by atoms with Gasteiger partial charge in [-0.1, -0.05) is 32.4 Å². The molecule has 0 unspecified atom stereocenters. The van der Waals surface area contributed by atoms with Crippen LogP contribution >= 0.6 is 0 Å². The van der Waals surface area contributed by atoms with E-state index in [0.717, 1.165) is 17.9 Å². The van der Waals surface area contributed by atoms with Gasteiger partial charge in [-0.25, -0.2) is 4.79 Å². The molecule has 1 rings (SSSR count). The summed E-state index contributed by atoms with van der Waals surface area (Å²) in [6, 6.07) is 6.62. The molecular weight excluding hydrogens is 409 g/mol. The van der Waals surface area contributed by atoms with Gasteiger partial charge in [-0.05, 0) is 0 Å². The van der Waals surface area contributed by atoms with Crippen LogP contribution in [0.15, 0.2) is 24.3 Å². The van der Waals surface area contributed by atoms with E-state index in [-0.39, 0.29) is 63.9 Å². The van der Waals surface area contributed by atoms with Crippen molar-refractivity contribution in [3.63, 3.8) is 0 Å². The Hall–Kier alpha value is -0.185. The van der Waals surface area contributed by atoms with Crippen LogP contribution in [0.3, 0.4) is 0 Å². The molecule has 0 bridgehead atoms. The molecule has 0 aromatic heterocycles. The SMILES string of the molecule is CC[C-](C)c1ccc(OCC(=O)OCC(F)(F)C(F)(F)F)cc1.[Rb+]. The first-order chi connectivity index (χ1) is 10.6. The maximum absolute atomic E-state index is 12.6. The fourth-order valence-corrected chi connectivity index (χ4v) is 1.48. The molecule has 0 N–H and O–H groups in total. The van der Waals surface area contributed by atoms with E-state index in [0.29, 0.717) is 0 Å². The van der Waals surface area contributed by atoms with Crippen molar-refractivity contribution in [2.24, 2.45) is 0 Å². The number of benzene rings is 1. The zero-order valence-electron chi connectivity index (χ0n) is 13.5. The van der Waals surface area contributed by atoms with E-state index < -0.39 is 31.3 Å². The molecule has 0 aliphatic heterocycles. The number of alkyl halides is 5. The third-order valence-corrected chi connectivity index (χ3v) is 3.06. The number of ether oxygens (including phenoxy) is 2. The van der Waals surface area contributed by atoms with Crippen molar-refractivity contribution in [3.8, 4) is 5.75 Å². The third-order valence-electron chi connectivity index (χ3n) is 3.06. The molecular formula is C15H16F5O3Rb. The molecule has 130 valence electrons. The van der Waals surface area contributed by atoms with Crippen LogP contribution in [0.4, 0.5) is 22.0 Å². The predicted octanol–water partition coefficient (Wildman–Crippen LogP) is 1.16. The summed E-state index contributed by atoms with van der Waals surface area (Å²) in [5.74, 6) is -4.98. The fourth-order valence-electron chi connectivity index (χ4n) is 1.48. The monoisotopic (exact) mass is 424 g/mol. The maximum Gasteiger partial charge on any atom is 1.00 e. The Morgan fingerprint density at radius 2 is 1.67 bits per heavy atom. The smallest absolute Gasteiger partial charge is 0.484 e. The standard InChI is InChI=1S/C15H16F5O3.Rb/c1-3-10(2)11-4-6-12(7-5-11)22-8-13(21)23-9-14(16,17)15(18,19)20;/h4-7H,3,8-9H2,1-2H3;/q-1;+1. The average Bonchev–Trinajstić information content (AvgIpc) is 2.49. The quantitative estimate of drug-likeness (QED) is 0.374. The minimum atomic E-state index is -5.77. The largest absolute Gasteiger partial charge is 1.00 e. The number of rotatable bonds is 7. The molecule has 0 atom stereocenters. The topological polar surface area (TPSA) is 35.5 Å². The van der Waals surface area contributed by atoms with Gasteiger partial charge >= 0.3 is 76.3 Å². The molecule has 0 fully saturated rings. The van der Waals surface area contributed by atoms with Crippen molar-refractivity contribution in [1.82, 2.24) is 0 Å². The van der Waals surface area contributed by atoms with Crippen molar-refractivity contribution < 1.29 is 94.4 Å². The van der Waals surface area contributed by atoms with E-state index in [1.54, 1.807) is 24.3 Å². The summed E-state index contributed by atoms with van der Waals surface area (Å²) in [5.41, 5.74) is 0.979. The van der Waals surface area contributed by atoms with Crippen molar-refractivity contribution in [3.05, 3.63) is 35.7 Å². The number of hydrogen-bond acceptors (Lipinski definition) is 3. The van der Waals surface area contributed by atoms with E-state index >= 15 is 0 Å². The van der Waals surface area contributed by atoms with Gasteiger partial charge in [-0.15, -0.1) is 0 Å². The summed E-state index contributed by atoms with van der Waals surface area (Å²) in [6.45, 7) is 1.12. The molecule has 0 aliphatic rings. The second-order valence-corrected chi connectivity index (χ2v) is 4.81. The summed E-state index contributed by atoms with van der Waals surface area (Å²) < 4.78 is 69.7. The molecule has 0 saturated carbocycles. The van der Waals surface area contributed by atoms with Gasteiger partial charge in [0.05, 0.1) is 5.75 Å². The van der Waals surface area contributed by atoms with E-state index in [1.807, 2.05) is 13.8 Å². The molecule has 0 spiro atoms. The van der Waals surface area contributed by atoms with Crippen LogP contribution in [0.1, 0.15) is 25.8 Å². The Bertz CT molecular complexity index is 517. The number of esters is 1. The number of halogens is 5. The van der Waals surface area contributed by atoms with Crippen molar-refractivity contribution in [2.75, 3.05) is 13.2 Å². The first-order valence-electron chi connectivity index (χ1n) is 6.72. The summed E-state index contributed by atoms with van der Waals surface area (Å²) in [7, 11) is 0. The van der Waals surface area contributed by atoms with Crippen LogP contribution in [0.5, 0.6) is 5.75 Å². The molecule has 3 nitrogen and oxygen atoms in total. The summed E-state index contributed by atoms with van der Waals surface area (Å²) in [5, 5.41) is 0. The number of carbonyl (C=O) groups excluding carboxylic acids is 1. The summed E-state index contributed by atoms with van der Waals surface area (Å²) in [6.07, 6.45) is -4.91. The molecule has 24 heavy (non-hydrogen) atoms. The Morgan fingerprint density at radius 3 is 2.12 bits per heavy atom. The van der Waals surface area contributed by atoms with E-state index in [2.05, 4.69) is 4.74 Å². The van der Waals surface area contributed by atoms with Crippen LogP contribution in [-0.4, -0.2) is 31.3 Å².